The fourth-order valence-corrected chi connectivity index (χ4v) is 0.990. The van der Waals surface area contributed by atoms with Crippen LogP contribution in [0.5, 0.6) is 0 Å². The molecule has 0 bridgehead atoms. The number of hydrogen-bond donors (Lipinski definition) is 1. The first-order chi connectivity index (χ1) is 6.90. The molecule has 0 amide bonds. The minimum Gasteiger partial charge on any atom is -0.326 e. The van der Waals surface area contributed by atoms with Crippen LogP contribution < -0.4 is 5.73 Å². The molecule has 0 spiro atoms. The molecule has 0 aromatic carbocycles. The lowest BCUT2D eigenvalue weighted by atomic mass is 10.3. The SMILES string of the molecule is NCc1cnc(-c2ncccn2)nc1. The van der Waals surface area contributed by atoms with Crippen LogP contribution in [0.4, 0.5) is 0 Å². The average molecular weight is 187 g/mol. The van der Waals surface area contributed by atoms with Gasteiger partial charge in [-0.25, -0.2) is 19.9 Å². The van der Waals surface area contributed by atoms with Crippen LogP contribution in [0.2, 0.25) is 0 Å². The second-order valence-electron chi connectivity index (χ2n) is 2.69. The van der Waals surface area contributed by atoms with E-state index in [1.165, 1.54) is 0 Å². The van der Waals surface area contributed by atoms with Gasteiger partial charge < -0.3 is 5.73 Å². The van der Waals surface area contributed by atoms with Gasteiger partial charge >= 0.3 is 0 Å². The van der Waals surface area contributed by atoms with E-state index in [4.69, 9.17) is 5.73 Å². The van der Waals surface area contributed by atoms with E-state index >= 15 is 0 Å². The molecule has 70 valence electrons. The molecule has 0 fully saturated rings. The summed E-state index contributed by atoms with van der Waals surface area (Å²) in [6, 6.07) is 1.75. The van der Waals surface area contributed by atoms with Crippen LogP contribution >= 0.6 is 0 Å². The van der Waals surface area contributed by atoms with E-state index in [0.717, 1.165) is 5.56 Å². The third-order valence-electron chi connectivity index (χ3n) is 1.71. The normalized spacial score (nSPS) is 10.1. The summed E-state index contributed by atoms with van der Waals surface area (Å²) >= 11 is 0. The predicted molar refractivity (Wildman–Crippen MR) is 50.9 cm³/mol. The molecule has 5 heteroatoms. The maximum atomic E-state index is 5.43. The summed E-state index contributed by atoms with van der Waals surface area (Å²) in [6.45, 7) is 0.440. The summed E-state index contributed by atoms with van der Waals surface area (Å²) < 4.78 is 0. The van der Waals surface area contributed by atoms with Crippen molar-refractivity contribution in [3.8, 4) is 11.6 Å². The molecule has 0 saturated carbocycles. The Kier molecular flexibility index (Phi) is 2.42. The van der Waals surface area contributed by atoms with Gasteiger partial charge in [0.1, 0.15) is 0 Å². The van der Waals surface area contributed by atoms with Crippen molar-refractivity contribution in [2.45, 2.75) is 6.54 Å². The Morgan fingerprint density at radius 2 is 1.50 bits per heavy atom. The van der Waals surface area contributed by atoms with E-state index < -0.39 is 0 Å². The molecule has 0 aliphatic heterocycles. The highest BCUT2D eigenvalue weighted by Gasteiger charge is 2.01. The lowest BCUT2D eigenvalue weighted by Gasteiger charge is -1.98. The predicted octanol–water partition coefficient (Wildman–Crippen LogP) is 0.392. The summed E-state index contributed by atoms with van der Waals surface area (Å²) in [4.78, 5) is 16.3. The quantitative estimate of drug-likeness (QED) is 0.735. The molecule has 5 nitrogen and oxygen atoms in total. The molecular weight excluding hydrogens is 178 g/mol. The van der Waals surface area contributed by atoms with Crippen LogP contribution in [0.1, 0.15) is 5.56 Å². The first-order valence-corrected chi connectivity index (χ1v) is 4.18. The highest BCUT2D eigenvalue weighted by molar-refractivity contribution is 5.41. The number of rotatable bonds is 2. The standard InChI is InChI=1S/C9H9N5/c10-4-7-5-13-9(14-6-7)8-11-2-1-3-12-8/h1-3,5-6H,4,10H2. The smallest absolute Gasteiger partial charge is 0.197 e. The Balaban J connectivity index is 2.34. The van der Waals surface area contributed by atoms with Crippen molar-refractivity contribution in [3.63, 3.8) is 0 Å². The van der Waals surface area contributed by atoms with Gasteiger partial charge in [0.15, 0.2) is 11.6 Å². The summed E-state index contributed by atoms with van der Waals surface area (Å²) in [5.41, 5.74) is 6.32. The Morgan fingerprint density at radius 1 is 0.929 bits per heavy atom. The van der Waals surface area contributed by atoms with Crippen molar-refractivity contribution in [1.82, 2.24) is 19.9 Å². The van der Waals surface area contributed by atoms with Crippen molar-refractivity contribution in [1.29, 1.82) is 0 Å². The number of aromatic nitrogens is 4. The first kappa shape index (κ1) is 8.71. The largest absolute Gasteiger partial charge is 0.326 e. The van der Waals surface area contributed by atoms with Crippen LogP contribution in [0.25, 0.3) is 11.6 Å². The molecule has 0 aliphatic carbocycles. The van der Waals surface area contributed by atoms with E-state index in [-0.39, 0.29) is 0 Å². The third kappa shape index (κ3) is 1.72. The summed E-state index contributed by atoms with van der Waals surface area (Å²) in [5, 5.41) is 0. The zero-order valence-electron chi connectivity index (χ0n) is 7.46. The minimum atomic E-state index is 0.440. The molecule has 2 rings (SSSR count). The number of hydrogen-bond acceptors (Lipinski definition) is 5. The fourth-order valence-electron chi connectivity index (χ4n) is 0.990. The van der Waals surface area contributed by atoms with E-state index in [2.05, 4.69) is 19.9 Å². The first-order valence-electron chi connectivity index (χ1n) is 4.18. The van der Waals surface area contributed by atoms with Crippen LogP contribution in [0.15, 0.2) is 30.9 Å². The Morgan fingerprint density at radius 3 is 2.07 bits per heavy atom. The van der Waals surface area contributed by atoms with Gasteiger partial charge in [0.2, 0.25) is 0 Å². The topological polar surface area (TPSA) is 77.6 Å². The van der Waals surface area contributed by atoms with Crippen molar-refractivity contribution in [3.05, 3.63) is 36.4 Å². The van der Waals surface area contributed by atoms with Crippen LogP contribution in [0, 0.1) is 0 Å². The number of nitrogens with two attached hydrogens (primary N) is 1. The average Bonchev–Trinajstić information content (AvgIpc) is 2.30. The molecule has 0 atom stereocenters. The molecule has 0 radical (unpaired) electrons. The Labute approximate surface area is 81.1 Å². The second-order valence-corrected chi connectivity index (χ2v) is 2.69. The summed E-state index contributed by atoms with van der Waals surface area (Å²) in [5.74, 6) is 1.04. The molecule has 2 aromatic heterocycles. The van der Waals surface area contributed by atoms with E-state index in [1.807, 2.05) is 0 Å². The Bertz CT molecular complexity index is 397. The van der Waals surface area contributed by atoms with Gasteiger partial charge in [-0.15, -0.1) is 0 Å². The van der Waals surface area contributed by atoms with Crippen LogP contribution in [0.3, 0.4) is 0 Å². The van der Waals surface area contributed by atoms with Gasteiger partial charge in [-0.3, -0.25) is 0 Å². The van der Waals surface area contributed by atoms with E-state index in [0.29, 0.717) is 18.2 Å². The number of nitrogens with zero attached hydrogens (tertiary/aromatic N) is 4. The van der Waals surface area contributed by atoms with Crippen molar-refractivity contribution >= 4 is 0 Å². The molecule has 2 N–H and O–H groups in total. The maximum absolute atomic E-state index is 5.43. The van der Waals surface area contributed by atoms with Gasteiger partial charge in [-0.2, -0.15) is 0 Å². The van der Waals surface area contributed by atoms with Crippen LogP contribution in [-0.4, -0.2) is 19.9 Å². The molecular formula is C9H9N5. The Hall–Kier alpha value is -1.88. The molecule has 2 heterocycles. The minimum absolute atomic E-state index is 0.440. The molecule has 0 unspecified atom stereocenters. The lowest BCUT2D eigenvalue weighted by Crippen LogP contribution is -2.00. The van der Waals surface area contributed by atoms with Gasteiger partial charge in [-0.05, 0) is 6.07 Å². The van der Waals surface area contributed by atoms with E-state index in [9.17, 15) is 0 Å². The van der Waals surface area contributed by atoms with Crippen molar-refractivity contribution in [2.75, 3.05) is 0 Å². The van der Waals surface area contributed by atoms with Crippen molar-refractivity contribution < 1.29 is 0 Å². The van der Waals surface area contributed by atoms with E-state index in [1.54, 1.807) is 30.9 Å². The molecule has 0 saturated heterocycles. The highest BCUT2D eigenvalue weighted by atomic mass is 15.0. The monoisotopic (exact) mass is 187 g/mol. The summed E-state index contributed by atoms with van der Waals surface area (Å²) in [6.07, 6.45) is 6.67. The highest BCUT2D eigenvalue weighted by Crippen LogP contribution is 2.06. The molecule has 14 heavy (non-hydrogen) atoms. The zero-order chi connectivity index (χ0) is 9.80. The van der Waals surface area contributed by atoms with Gasteiger partial charge in [0, 0.05) is 36.9 Å². The van der Waals surface area contributed by atoms with Crippen LogP contribution in [-0.2, 0) is 6.54 Å². The van der Waals surface area contributed by atoms with Gasteiger partial charge in [-0.1, -0.05) is 0 Å². The summed E-state index contributed by atoms with van der Waals surface area (Å²) in [7, 11) is 0. The van der Waals surface area contributed by atoms with Crippen molar-refractivity contribution in [2.24, 2.45) is 5.73 Å². The third-order valence-corrected chi connectivity index (χ3v) is 1.71. The molecule has 0 aliphatic rings. The zero-order valence-corrected chi connectivity index (χ0v) is 7.46. The second kappa shape index (κ2) is 3.89. The van der Waals surface area contributed by atoms with Gasteiger partial charge in [0.05, 0.1) is 0 Å². The molecule has 2 aromatic rings. The lowest BCUT2D eigenvalue weighted by molar-refractivity contribution is 0.996. The fraction of sp³-hybridized carbons (Fsp3) is 0.111. The maximum Gasteiger partial charge on any atom is 0.197 e. The van der Waals surface area contributed by atoms with Gasteiger partial charge in [0.25, 0.3) is 0 Å².